The van der Waals surface area contributed by atoms with Gasteiger partial charge in [-0.1, -0.05) is 25.0 Å². The number of hydrogen-bond acceptors (Lipinski definition) is 4. The van der Waals surface area contributed by atoms with Crippen LogP contribution in [0.5, 0.6) is 5.75 Å². The standard InChI is InChI=1S/C18H27NO3/c1-21-17-7-4-6-15(13-17)18(20)8-3-2-5-16(18)14-19-9-11-22-12-10-19/h4,6-7,13,16,20H,2-3,5,8-12,14H2,1H3. The first-order valence-electron chi connectivity index (χ1n) is 8.39. The highest BCUT2D eigenvalue weighted by Gasteiger charge is 2.41. The van der Waals surface area contributed by atoms with Crippen LogP contribution in [0.25, 0.3) is 0 Å². The second kappa shape index (κ2) is 6.99. The van der Waals surface area contributed by atoms with Crippen LogP contribution in [0.1, 0.15) is 31.2 Å². The van der Waals surface area contributed by atoms with Crippen molar-refractivity contribution in [2.24, 2.45) is 5.92 Å². The average molecular weight is 305 g/mol. The summed E-state index contributed by atoms with van der Waals surface area (Å²) in [4.78, 5) is 2.44. The van der Waals surface area contributed by atoms with E-state index < -0.39 is 5.60 Å². The number of morpholine rings is 1. The molecule has 1 aliphatic carbocycles. The first kappa shape index (κ1) is 15.8. The van der Waals surface area contributed by atoms with E-state index >= 15 is 0 Å². The van der Waals surface area contributed by atoms with Crippen molar-refractivity contribution in [3.05, 3.63) is 29.8 Å². The molecule has 0 radical (unpaired) electrons. The molecule has 0 bridgehead atoms. The Hall–Kier alpha value is -1.10. The molecule has 1 saturated carbocycles. The van der Waals surface area contributed by atoms with Crippen LogP contribution in [0, 0.1) is 5.92 Å². The number of rotatable bonds is 4. The highest BCUT2D eigenvalue weighted by Crippen LogP contribution is 2.42. The van der Waals surface area contributed by atoms with Crippen molar-refractivity contribution in [3.8, 4) is 5.75 Å². The van der Waals surface area contributed by atoms with Crippen molar-refractivity contribution in [1.82, 2.24) is 4.90 Å². The number of benzene rings is 1. The van der Waals surface area contributed by atoms with Gasteiger partial charge >= 0.3 is 0 Å². The van der Waals surface area contributed by atoms with Crippen molar-refractivity contribution in [3.63, 3.8) is 0 Å². The summed E-state index contributed by atoms with van der Waals surface area (Å²) in [5.41, 5.74) is 0.273. The maximum Gasteiger partial charge on any atom is 0.119 e. The second-order valence-corrected chi connectivity index (χ2v) is 6.51. The second-order valence-electron chi connectivity index (χ2n) is 6.51. The number of aliphatic hydroxyl groups is 1. The minimum Gasteiger partial charge on any atom is -0.497 e. The Morgan fingerprint density at radius 3 is 2.91 bits per heavy atom. The SMILES string of the molecule is COc1cccc(C2(O)CCCCC2CN2CCOCC2)c1. The van der Waals surface area contributed by atoms with Gasteiger partial charge < -0.3 is 14.6 Å². The maximum absolute atomic E-state index is 11.4. The Morgan fingerprint density at radius 1 is 1.32 bits per heavy atom. The normalized spacial score (nSPS) is 30.2. The van der Waals surface area contributed by atoms with Crippen molar-refractivity contribution in [2.75, 3.05) is 40.0 Å². The van der Waals surface area contributed by atoms with E-state index in [0.29, 0.717) is 0 Å². The Balaban J connectivity index is 1.80. The molecule has 0 spiro atoms. The summed E-state index contributed by atoms with van der Waals surface area (Å²) in [7, 11) is 1.68. The fraction of sp³-hybridized carbons (Fsp3) is 0.667. The Bertz CT molecular complexity index is 487. The number of nitrogens with zero attached hydrogens (tertiary/aromatic N) is 1. The number of methoxy groups -OCH3 is 1. The molecule has 4 nitrogen and oxygen atoms in total. The molecule has 1 heterocycles. The molecule has 1 aromatic carbocycles. The van der Waals surface area contributed by atoms with Crippen LogP contribution in [0.15, 0.2) is 24.3 Å². The van der Waals surface area contributed by atoms with Crippen LogP contribution >= 0.6 is 0 Å². The molecule has 22 heavy (non-hydrogen) atoms. The first-order valence-corrected chi connectivity index (χ1v) is 8.39. The van der Waals surface area contributed by atoms with Crippen LogP contribution in [0.4, 0.5) is 0 Å². The molecular formula is C18H27NO3. The van der Waals surface area contributed by atoms with E-state index in [-0.39, 0.29) is 5.92 Å². The summed E-state index contributed by atoms with van der Waals surface area (Å²) in [6.45, 7) is 4.53. The predicted molar refractivity (Wildman–Crippen MR) is 86.1 cm³/mol. The van der Waals surface area contributed by atoms with Gasteiger partial charge in [-0.2, -0.15) is 0 Å². The van der Waals surface area contributed by atoms with Gasteiger partial charge in [0.15, 0.2) is 0 Å². The van der Waals surface area contributed by atoms with E-state index in [1.807, 2.05) is 24.3 Å². The Morgan fingerprint density at radius 2 is 2.14 bits per heavy atom. The molecule has 1 aliphatic heterocycles. The molecule has 1 aromatic rings. The van der Waals surface area contributed by atoms with E-state index in [9.17, 15) is 5.11 Å². The molecule has 122 valence electrons. The van der Waals surface area contributed by atoms with E-state index in [1.165, 1.54) is 6.42 Å². The number of ether oxygens (including phenoxy) is 2. The van der Waals surface area contributed by atoms with Crippen molar-refractivity contribution >= 4 is 0 Å². The molecule has 4 heteroatoms. The zero-order valence-electron chi connectivity index (χ0n) is 13.5. The lowest BCUT2D eigenvalue weighted by Crippen LogP contribution is -2.47. The third-order valence-corrected chi connectivity index (χ3v) is 5.19. The average Bonchev–Trinajstić information content (AvgIpc) is 2.58. The number of hydrogen-bond donors (Lipinski definition) is 1. The Labute approximate surface area is 133 Å². The fourth-order valence-corrected chi connectivity index (χ4v) is 3.84. The van der Waals surface area contributed by atoms with Gasteiger partial charge in [-0.3, -0.25) is 4.90 Å². The van der Waals surface area contributed by atoms with Crippen LogP contribution in [-0.2, 0) is 10.3 Å². The summed E-state index contributed by atoms with van der Waals surface area (Å²) < 4.78 is 10.8. The molecule has 1 N–H and O–H groups in total. The largest absolute Gasteiger partial charge is 0.497 e. The molecular weight excluding hydrogens is 278 g/mol. The zero-order chi connectivity index (χ0) is 15.4. The fourth-order valence-electron chi connectivity index (χ4n) is 3.84. The third kappa shape index (κ3) is 3.29. The molecule has 2 unspecified atom stereocenters. The van der Waals surface area contributed by atoms with Gasteiger partial charge in [-0.25, -0.2) is 0 Å². The van der Waals surface area contributed by atoms with E-state index in [4.69, 9.17) is 9.47 Å². The van der Waals surface area contributed by atoms with Gasteiger partial charge in [0.25, 0.3) is 0 Å². The van der Waals surface area contributed by atoms with Crippen molar-refractivity contribution in [1.29, 1.82) is 0 Å². The van der Waals surface area contributed by atoms with E-state index in [1.54, 1.807) is 7.11 Å². The summed E-state index contributed by atoms with van der Waals surface area (Å²) in [5.74, 6) is 1.10. The molecule has 2 atom stereocenters. The molecule has 2 fully saturated rings. The monoisotopic (exact) mass is 305 g/mol. The highest BCUT2D eigenvalue weighted by molar-refractivity contribution is 5.33. The lowest BCUT2D eigenvalue weighted by atomic mass is 9.71. The summed E-state index contributed by atoms with van der Waals surface area (Å²) >= 11 is 0. The van der Waals surface area contributed by atoms with E-state index in [2.05, 4.69) is 4.90 Å². The minimum absolute atomic E-state index is 0.284. The first-order chi connectivity index (χ1) is 10.7. The highest BCUT2D eigenvalue weighted by atomic mass is 16.5. The van der Waals surface area contributed by atoms with Gasteiger partial charge in [0.2, 0.25) is 0 Å². The van der Waals surface area contributed by atoms with Gasteiger partial charge in [0, 0.05) is 25.6 Å². The summed E-state index contributed by atoms with van der Waals surface area (Å²) in [5, 5.41) is 11.4. The van der Waals surface area contributed by atoms with Crippen LogP contribution in [-0.4, -0.2) is 50.0 Å². The zero-order valence-corrected chi connectivity index (χ0v) is 13.5. The van der Waals surface area contributed by atoms with E-state index in [0.717, 1.165) is 63.4 Å². The van der Waals surface area contributed by atoms with Gasteiger partial charge in [0.05, 0.1) is 25.9 Å². The van der Waals surface area contributed by atoms with Crippen molar-refractivity contribution < 1.29 is 14.6 Å². The molecule has 3 rings (SSSR count). The lowest BCUT2D eigenvalue weighted by molar-refractivity contribution is -0.0746. The minimum atomic E-state index is -0.731. The van der Waals surface area contributed by atoms with Crippen molar-refractivity contribution in [2.45, 2.75) is 31.3 Å². The van der Waals surface area contributed by atoms with Gasteiger partial charge in [0.1, 0.15) is 5.75 Å². The van der Waals surface area contributed by atoms with Gasteiger partial charge in [-0.05, 0) is 30.5 Å². The summed E-state index contributed by atoms with van der Waals surface area (Å²) in [6, 6.07) is 7.96. The predicted octanol–water partition coefficient (Wildman–Crippen LogP) is 2.41. The molecule has 1 saturated heterocycles. The van der Waals surface area contributed by atoms with Crippen LogP contribution in [0.3, 0.4) is 0 Å². The summed E-state index contributed by atoms with van der Waals surface area (Å²) in [6.07, 6.45) is 4.23. The lowest BCUT2D eigenvalue weighted by Gasteiger charge is -2.43. The topological polar surface area (TPSA) is 41.9 Å². The third-order valence-electron chi connectivity index (χ3n) is 5.19. The smallest absolute Gasteiger partial charge is 0.119 e. The molecule has 2 aliphatic rings. The maximum atomic E-state index is 11.4. The van der Waals surface area contributed by atoms with Gasteiger partial charge in [-0.15, -0.1) is 0 Å². The van der Waals surface area contributed by atoms with Crippen LogP contribution < -0.4 is 4.74 Å². The molecule has 0 aromatic heterocycles. The molecule has 0 amide bonds. The Kier molecular flexibility index (Phi) is 5.01. The quantitative estimate of drug-likeness (QED) is 0.927. The van der Waals surface area contributed by atoms with Crippen LogP contribution in [0.2, 0.25) is 0 Å².